The van der Waals surface area contributed by atoms with E-state index in [1.165, 1.54) is 14.7 Å². The lowest BCUT2D eigenvalue weighted by molar-refractivity contribution is 0.651. The third kappa shape index (κ3) is 2.39. The molecule has 7 nitrogen and oxygen atoms in total. The van der Waals surface area contributed by atoms with Gasteiger partial charge in [-0.05, 0) is 39.8 Å². The summed E-state index contributed by atoms with van der Waals surface area (Å²) in [5, 5.41) is 0. The van der Waals surface area contributed by atoms with Crippen LogP contribution in [-0.2, 0) is 13.6 Å². The molecule has 0 atom stereocenters. The topological polar surface area (TPSA) is 66.2 Å². The Labute approximate surface area is 161 Å². The quantitative estimate of drug-likeness (QED) is 0.516. The van der Waals surface area contributed by atoms with Crippen molar-refractivity contribution >= 4 is 16.9 Å². The van der Waals surface area contributed by atoms with Gasteiger partial charge in [0.1, 0.15) is 0 Å². The molecule has 4 rings (SSSR count). The standard InChI is InChI=1S/C21H23N5O2/c1-12(2)11-24-19(27)17-18(23(6)21(24)28)22-20-25(14(4)15(5)26(17)20)16-9-7-13(3)8-10-16/h7-10H,1,11H2,2-6H3. The Hall–Kier alpha value is -3.35. The van der Waals surface area contributed by atoms with Crippen LogP contribution in [0.15, 0.2) is 46.0 Å². The lowest BCUT2D eigenvalue weighted by atomic mass is 10.2. The second-order valence-corrected chi connectivity index (χ2v) is 7.45. The zero-order chi connectivity index (χ0) is 20.3. The summed E-state index contributed by atoms with van der Waals surface area (Å²) in [4.78, 5) is 30.6. The molecule has 0 amide bonds. The number of aromatic nitrogens is 5. The number of hydrogen-bond acceptors (Lipinski definition) is 3. The second kappa shape index (κ2) is 6.09. The van der Waals surface area contributed by atoms with Crippen LogP contribution in [0, 0.1) is 20.8 Å². The Kier molecular flexibility index (Phi) is 3.92. The molecule has 7 heteroatoms. The molecule has 0 spiro atoms. The predicted octanol–water partition coefficient (Wildman–Crippen LogP) is 2.64. The first-order valence-electron chi connectivity index (χ1n) is 9.13. The fraction of sp³-hybridized carbons (Fsp3) is 0.286. The molecule has 0 aliphatic carbocycles. The van der Waals surface area contributed by atoms with Gasteiger partial charge >= 0.3 is 5.69 Å². The molecular weight excluding hydrogens is 354 g/mol. The number of imidazole rings is 2. The second-order valence-electron chi connectivity index (χ2n) is 7.45. The normalized spacial score (nSPS) is 11.6. The van der Waals surface area contributed by atoms with Crippen LogP contribution in [0.1, 0.15) is 23.9 Å². The summed E-state index contributed by atoms with van der Waals surface area (Å²) in [5.74, 6) is 0.619. The summed E-state index contributed by atoms with van der Waals surface area (Å²) in [6, 6.07) is 8.14. The molecule has 1 aromatic carbocycles. The minimum atomic E-state index is -0.391. The average Bonchev–Trinajstić information content (AvgIpc) is 3.14. The fourth-order valence-electron chi connectivity index (χ4n) is 3.66. The molecule has 3 heterocycles. The summed E-state index contributed by atoms with van der Waals surface area (Å²) in [6.07, 6.45) is 0. The summed E-state index contributed by atoms with van der Waals surface area (Å²) in [7, 11) is 1.64. The minimum absolute atomic E-state index is 0.186. The molecule has 0 saturated heterocycles. The van der Waals surface area contributed by atoms with Crippen LogP contribution in [-0.4, -0.2) is 23.1 Å². The third-order valence-electron chi connectivity index (χ3n) is 5.24. The highest BCUT2D eigenvalue weighted by molar-refractivity contribution is 5.77. The monoisotopic (exact) mass is 377 g/mol. The Bertz CT molecular complexity index is 1380. The molecule has 4 aromatic rings. The molecular formula is C21H23N5O2. The molecule has 0 unspecified atom stereocenters. The Morgan fingerprint density at radius 1 is 1.07 bits per heavy atom. The van der Waals surface area contributed by atoms with Gasteiger partial charge in [-0.1, -0.05) is 29.8 Å². The molecule has 28 heavy (non-hydrogen) atoms. The van der Waals surface area contributed by atoms with Crippen LogP contribution in [0.5, 0.6) is 0 Å². The summed E-state index contributed by atoms with van der Waals surface area (Å²) >= 11 is 0. The highest BCUT2D eigenvalue weighted by Crippen LogP contribution is 2.24. The summed E-state index contributed by atoms with van der Waals surface area (Å²) < 4.78 is 6.51. The van der Waals surface area contributed by atoms with Crippen LogP contribution in [0.2, 0.25) is 0 Å². The fourth-order valence-corrected chi connectivity index (χ4v) is 3.66. The molecule has 144 valence electrons. The molecule has 0 fully saturated rings. The van der Waals surface area contributed by atoms with E-state index in [9.17, 15) is 9.59 Å². The highest BCUT2D eigenvalue weighted by Gasteiger charge is 2.23. The number of rotatable bonds is 3. The summed E-state index contributed by atoms with van der Waals surface area (Å²) in [5.41, 5.74) is 4.82. The number of nitrogens with zero attached hydrogens (tertiary/aromatic N) is 5. The van der Waals surface area contributed by atoms with Gasteiger partial charge < -0.3 is 0 Å². The van der Waals surface area contributed by atoms with E-state index in [0.717, 1.165) is 22.6 Å². The van der Waals surface area contributed by atoms with Gasteiger partial charge in [0.25, 0.3) is 5.56 Å². The predicted molar refractivity (Wildman–Crippen MR) is 111 cm³/mol. The Balaban J connectivity index is 2.18. The van der Waals surface area contributed by atoms with Crippen molar-refractivity contribution in [2.24, 2.45) is 7.05 Å². The van der Waals surface area contributed by atoms with E-state index in [2.05, 4.69) is 6.58 Å². The van der Waals surface area contributed by atoms with Crippen molar-refractivity contribution in [2.45, 2.75) is 34.2 Å². The lowest BCUT2D eigenvalue weighted by Gasteiger charge is -2.08. The van der Waals surface area contributed by atoms with E-state index in [1.807, 2.05) is 54.0 Å². The van der Waals surface area contributed by atoms with Crippen molar-refractivity contribution in [3.8, 4) is 5.69 Å². The third-order valence-corrected chi connectivity index (χ3v) is 5.24. The van der Waals surface area contributed by atoms with Crippen LogP contribution in [0.25, 0.3) is 22.6 Å². The first-order valence-corrected chi connectivity index (χ1v) is 9.13. The largest absolute Gasteiger partial charge is 0.332 e. The number of hydrogen-bond donors (Lipinski definition) is 0. The highest BCUT2D eigenvalue weighted by atomic mass is 16.2. The van der Waals surface area contributed by atoms with Crippen molar-refractivity contribution in [1.82, 2.24) is 23.1 Å². The van der Waals surface area contributed by atoms with E-state index in [1.54, 1.807) is 14.0 Å². The van der Waals surface area contributed by atoms with Gasteiger partial charge in [0.05, 0.1) is 6.54 Å². The van der Waals surface area contributed by atoms with Crippen molar-refractivity contribution < 1.29 is 0 Å². The SMILES string of the molecule is C=C(C)Cn1c(=O)c2c(nc3n(-c4ccc(C)cc4)c(C)c(C)n23)n(C)c1=O. The van der Waals surface area contributed by atoms with Gasteiger partial charge in [-0.2, -0.15) is 4.98 Å². The zero-order valence-electron chi connectivity index (χ0n) is 16.8. The van der Waals surface area contributed by atoms with Gasteiger partial charge in [0.2, 0.25) is 5.78 Å². The van der Waals surface area contributed by atoms with E-state index in [4.69, 9.17) is 4.98 Å². The molecule has 0 aliphatic rings. The molecule has 0 N–H and O–H groups in total. The molecule has 0 radical (unpaired) electrons. The number of fused-ring (bicyclic) bond motifs is 3. The van der Waals surface area contributed by atoms with Crippen LogP contribution >= 0.6 is 0 Å². The van der Waals surface area contributed by atoms with E-state index in [0.29, 0.717) is 16.9 Å². The van der Waals surface area contributed by atoms with Gasteiger partial charge in [0.15, 0.2) is 11.2 Å². The molecule has 0 saturated carbocycles. The molecule has 0 bridgehead atoms. The first kappa shape index (κ1) is 18.0. The zero-order valence-corrected chi connectivity index (χ0v) is 16.8. The molecule has 3 aromatic heterocycles. The lowest BCUT2D eigenvalue weighted by Crippen LogP contribution is -2.39. The number of benzene rings is 1. The van der Waals surface area contributed by atoms with Crippen molar-refractivity contribution in [1.29, 1.82) is 0 Å². The van der Waals surface area contributed by atoms with Crippen LogP contribution in [0.4, 0.5) is 0 Å². The maximum Gasteiger partial charge on any atom is 0.332 e. The maximum absolute atomic E-state index is 13.2. The number of aryl methyl sites for hydroxylation is 3. The van der Waals surface area contributed by atoms with Gasteiger partial charge in [-0.15, -0.1) is 0 Å². The van der Waals surface area contributed by atoms with E-state index in [-0.39, 0.29) is 12.1 Å². The Morgan fingerprint density at radius 3 is 2.32 bits per heavy atom. The molecule has 0 aliphatic heterocycles. The van der Waals surface area contributed by atoms with Gasteiger partial charge in [0, 0.05) is 24.1 Å². The number of allylic oxidation sites excluding steroid dienone is 1. The average molecular weight is 377 g/mol. The Morgan fingerprint density at radius 2 is 1.71 bits per heavy atom. The van der Waals surface area contributed by atoms with E-state index < -0.39 is 5.69 Å². The summed E-state index contributed by atoms with van der Waals surface area (Å²) in [6.45, 7) is 11.8. The van der Waals surface area contributed by atoms with Crippen LogP contribution in [0.3, 0.4) is 0 Å². The first-order chi connectivity index (χ1) is 13.2. The smallest absolute Gasteiger partial charge is 0.283 e. The van der Waals surface area contributed by atoms with Crippen molar-refractivity contribution in [3.05, 3.63) is 74.2 Å². The van der Waals surface area contributed by atoms with Gasteiger partial charge in [-0.25, -0.2) is 4.79 Å². The van der Waals surface area contributed by atoms with Gasteiger partial charge in [-0.3, -0.25) is 22.9 Å². The minimum Gasteiger partial charge on any atom is -0.283 e. The van der Waals surface area contributed by atoms with Crippen molar-refractivity contribution in [3.63, 3.8) is 0 Å². The van der Waals surface area contributed by atoms with Crippen molar-refractivity contribution in [2.75, 3.05) is 0 Å². The maximum atomic E-state index is 13.2. The van der Waals surface area contributed by atoms with E-state index >= 15 is 0 Å². The van der Waals surface area contributed by atoms with Crippen LogP contribution < -0.4 is 11.2 Å².